The van der Waals surface area contributed by atoms with Crippen molar-refractivity contribution in [3.8, 4) is 0 Å². The molecule has 0 saturated heterocycles. The van der Waals surface area contributed by atoms with E-state index in [2.05, 4.69) is 4.98 Å². The van der Waals surface area contributed by atoms with Crippen LogP contribution in [0.4, 0.5) is 8.78 Å². The van der Waals surface area contributed by atoms with Crippen LogP contribution in [0.5, 0.6) is 0 Å². The van der Waals surface area contributed by atoms with Crippen molar-refractivity contribution in [3.05, 3.63) is 28.0 Å². The molecule has 6 heteroatoms. The smallest absolute Gasteiger partial charge is 0.257 e. The quantitative estimate of drug-likeness (QED) is 0.788. The largest absolute Gasteiger partial charge is 0.319 e. The molecule has 13 heavy (non-hydrogen) atoms. The summed E-state index contributed by atoms with van der Waals surface area (Å²) in [5.41, 5.74) is 5.36. The van der Waals surface area contributed by atoms with E-state index in [1.54, 1.807) is 0 Å². The van der Waals surface area contributed by atoms with Crippen molar-refractivity contribution in [3.63, 3.8) is 0 Å². The molecule has 1 aromatic heterocycles. The van der Waals surface area contributed by atoms with Crippen molar-refractivity contribution in [1.29, 1.82) is 0 Å². The second kappa shape index (κ2) is 4.17. The molecule has 2 nitrogen and oxygen atoms in total. The number of nitrogens with zero attached hydrogens (tertiary/aromatic N) is 1. The van der Waals surface area contributed by atoms with Crippen molar-refractivity contribution in [2.45, 2.75) is 12.5 Å². The molecule has 0 saturated carbocycles. The summed E-state index contributed by atoms with van der Waals surface area (Å²) in [5.74, 6) is 0. The van der Waals surface area contributed by atoms with E-state index in [9.17, 15) is 8.78 Å². The molecular formula is C7H6Cl2F2N2. The summed E-state index contributed by atoms with van der Waals surface area (Å²) in [6.45, 7) is 0. The molecule has 1 unspecified atom stereocenters. The minimum atomic E-state index is -2.64. The third-order valence-corrected chi connectivity index (χ3v) is 1.83. The molecule has 0 aliphatic heterocycles. The van der Waals surface area contributed by atoms with Gasteiger partial charge >= 0.3 is 0 Å². The van der Waals surface area contributed by atoms with Gasteiger partial charge in [-0.3, -0.25) is 0 Å². The maximum absolute atomic E-state index is 12.1. The number of aromatic nitrogens is 1. The normalized spacial score (nSPS) is 13.4. The molecular weight excluding hydrogens is 221 g/mol. The van der Waals surface area contributed by atoms with Crippen LogP contribution >= 0.6 is 23.2 Å². The lowest BCUT2D eigenvalue weighted by atomic mass is 10.1. The Labute approximate surface area is 83.7 Å². The van der Waals surface area contributed by atoms with Crippen LogP contribution in [-0.2, 0) is 0 Å². The van der Waals surface area contributed by atoms with Crippen LogP contribution in [0.2, 0.25) is 10.3 Å². The first-order valence-corrected chi connectivity index (χ1v) is 4.13. The molecule has 0 radical (unpaired) electrons. The maximum Gasteiger partial charge on any atom is 0.257 e. The van der Waals surface area contributed by atoms with E-state index >= 15 is 0 Å². The topological polar surface area (TPSA) is 38.9 Å². The lowest BCUT2D eigenvalue weighted by Crippen LogP contribution is -2.18. The van der Waals surface area contributed by atoms with E-state index in [-0.39, 0.29) is 15.9 Å². The Hall–Kier alpha value is -0.450. The van der Waals surface area contributed by atoms with Crippen molar-refractivity contribution >= 4 is 23.2 Å². The molecule has 0 amide bonds. The molecule has 0 fully saturated rings. The number of alkyl halides is 2. The number of hydrogen-bond donors (Lipinski definition) is 1. The standard InChI is InChI=1S/C7H6Cl2F2N2/c8-4-1-3(2-5(9)13-4)6(12)7(10)11/h1-2,6-7H,12H2. The van der Waals surface area contributed by atoms with Gasteiger partial charge in [0.25, 0.3) is 6.43 Å². The van der Waals surface area contributed by atoms with Crippen molar-refractivity contribution in [2.75, 3.05) is 0 Å². The third kappa shape index (κ3) is 2.76. The van der Waals surface area contributed by atoms with Gasteiger partial charge in [0.15, 0.2) is 0 Å². The molecule has 72 valence electrons. The van der Waals surface area contributed by atoms with Crippen molar-refractivity contribution < 1.29 is 8.78 Å². The predicted octanol–water partition coefficient (Wildman–Crippen LogP) is 2.65. The Morgan fingerprint density at radius 2 is 1.69 bits per heavy atom. The lowest BCUT2D eigenvalue weighted by Gasteiger charge is -2.10. The van der Waals surface area contributed by atoms with Gasteiger partial charge in [0.05, 0.1) is 6.04 Å². The highest BCUT2D eigenvalue weighted by Gasteiger charge is 2.18. The van der Waals surface area contributed by atoms with Crippen LogP contribution in [0.3, 0.4) is 0 Å². The van der Waals surface area contributed by atoms with Gasteiger partial charge in [0.1, 0.15) is 10.3 Å². The fourth-order valence-electron chi connectivity index (χ4n) is 0.821. The fraction of sp³-hybridized carbons (Fsp3) is 0.286. The third-order valence-electron chi connectivity index (χ3n) is 1.44. The number of nitrogens with two attached hydrogens (primary N) is 1. The van der Waals surface area contributed by atoms with E-state index < -0.39 is 12.5 Å². The zero-order valence-electron chi connectivity index (χ0n) is 6.35. The second-order valence-corrected chi connectivity index (χ2v) is 3.18. The zero-order valence-corrected chi connectivity index (χ0v) is 7.86. The van der Waals surface area contributed by atoms with E-state index in [0.29, 0.717) is 0 Å². The Bertz CT molecular complexity index is 286. The number of halogens is 4. The van der Waals surface area contributed by atoms with Crippen molar-refractivity contribution in [1.82, 2.24) is 4.98 Å². The summed E-state index contributed by atoms with van der Waals surface area (Å²) in [6, 6.07) is 1.16. The van der Waals surface area contributed by atoms with Gasteiger partial charge in [-0.2, -0.15) is 0 Å². The molecule has 0 bridgehead atoms. The lowest BCUT2D eigenvalue weighted by molar-refractivity contribution is 0.116. The molecule has 1 heterocycles. The molecule has 0 aliphatic rings. The van der Waals surface area contributed by atoms with E-state index in [1.165, 1.54) is 12.1 Å². The Balaban J connectivity index is 3.01. The Morgan fingerprint density at radius 3 is 2.08 bits per heavy atom. The predicted molar refractivity (Wildman–Crippen MR) is 47.2 cm³/mol. The van der Waals surface area contributed by atoms with Crippen LogP contribution in [-0.4, -0.2) is 11.4 Å². The fourth-order valence-corrected chi connectivity index (χ4v) is 1.30. The van der Waals surface area contributed by atoms with E-state index in [4.69, 9.17) is 28.9 Å². The Morgan fingerprint density at radius 1 is 1.23 bits per heavy atom. The average Bonchev–Trinajstić information content (AvgIpc) is 2.01. The Kier molecular flexibility index (Phi) is 3.41. The molecule has 1 aromatic rings. The number of rotatable bonds is 2. The SMILES string of the molecule is NC(c1cc(Cl)nc(Cl)c1)C(F)F. The van der Waals surface area contributed by atoms with Crippen LogP contribution in [0.1, 0.15) is 11.6 Å². The summed E-state index contributed by atoms with van der Waals surface area (Å²) in [5, 5.41) is 0.109. The van der Waals surface area contributed by atoms with Gasteiger partial charge in [-0.15, -0.1) is 0 Å². The average molecular weight is 227 g/mol. The highest BCUT2D eigenvalue weighted by atomic mass is 35.5. The van der Waals surface area contributed by atoms with Crippen LogP contribution in [0.15, 0.2) is 12.1 Å². The van der Waals surface area contributed by atoms with Gasteiger partial charge in [-0.25, -0.2) is 13.8 Å². The molecule has 0 spiro atoms. The first-order valence-electron chi connectivity index (χ1n) is 3.37. The number of pyridine rings is 1. The monoisotopic (exact) mass is 226 g/mol. The first-order chi connectivity index (χ1) is 6.00. The van der Waals surface area contributed by atoms with Gasteiger partial charge < -0.3 is 5.73 Å². The minimum Gasteiger partial charge on any atom is -0.319 e. The first kappa shape index (κ1) is 10.6. The molecule has 0 aliphatic carbocycles. The summed E-state index contributed by atoms with van der Waals surface area (Å²) < 4.78 is 24.3. The maximum atomic E-state index is 12.1. The zero-order chi connectivity index (χ0) is 10.0. The van der Waals surface area contributed by atoms with Crippen LogP contribution in [0, 0.1) is 0 Å². The summed E-state index contributed by atoms with van der Waals surface area (Å²) in [6.07, 6.45) is -2.64. The molecule has 1 atom stereocenters. The highest BCUT2D eigenvalue weighted by molar-refractivity contribution is 6.32. The molecule has 1 rings (SSSR count). The summed E-state index contributed by atoms with van der Waals surface area (Å²) in [7, 11) is 0. The molecule has 2 N–H and O–H groups in total. The highest BCUT2D eigenvalue weighted by Crippen LogP contribution is 2.22. The van der Waals surface area contributed by atoms with Gasteiger partial charge in [0.2, 0.25) is 0 Å². The molecule has 0 aromatic carbocycles. The summed E-state index contributed by atoms with van der Waals surface area (Å²) >= 11 is 11.0. The summed E-state index contributed by atoms with van der Waals surface area (Å²) in [4.78, 5) is 3.61. The minimum absolute atomic E-state index is 0.0543. The van der Waals surface area contributed by atoms with Crippen LogP contribution in [0.25, 0.3) is 0 Å². The van der Waals surface area contributed by atoms with Crippen molar-refractivity contribution in [2.24, 2.45) is 5.73 Å². The van der Waals surface area contributed by atoms with E-state index in [0.717, 1.165) is 0 Å². The van der Waals surface area contributed by atoms with Gasteiger partial charge in [-0.05, 0) is 17.7 Å². The van der Waals surface area contributed by atoms with E-state index in [1.807, 2.05) is 0 Å². The second-order valence-electron chi connectivity index (χ2n) is 2.41. The van der Waals surface area contributed by atoms with Crippen LogP contribution < -0.4 is 5.73 Å². The van der Waals surface area contributed by atoms with Gasteiger partial charge in [-0.1, -0.05) is 23.2 Å². The van der Waals surface area contributed by atoms with Gasteiger partial charge in [0, 0.05) is 0 Å². The number of hydrogen-bond acceptors (Lipinski definition) is 2.